The molecular weight excluding hydrogens is 424 g/mol. The molecule has 0 spiro atoms. The molecule has 170 valence electrons. The first kappa shape index (κ1) is 22.1. The van der Waals surface area contributed by atoms with Crippen LogP contribution in [0, 0.1) is 24.0 Å². The van der Waals surface area contributed by atoms with E-state index in [1.165, 1.54) is 4.68 Å². The van der Waals surface area contributed by atoms with E-state index in [1.54, 1.807) is 36.9 Å². The maximum absolute atomic E-state index is 13.4. The van der Waals surface area contributed by atoms with E-state index in [0.717, 1.165) is 5.56 Å². The number of nitrogens with zero attached hydrogens (tertiary/aromatic N) is 4. The number of aromatic nitrogens is 2. The van der Waals surface area contributed by atoms with Crippen molar-refractivity contribution in [2.45, 2.75) is 20.4 Å². The van der Waals surface area contributed by atoms with Crippen molar-refractivity contribution in [1.82, 2.24) is 9.78 Å². The number of fused-ring (bicyclic) bond motifs is 1. The van der Waals surface area contributed by atoms with Gasteiger partial charge in [0.05, 0.1) is 4.92 Å². The van der Waals surface area contributed by atoms with Crippen LogP contribution in [0.2, 0.25) is 0 Å². The quantitative estimate of drug-likeness (QED) is 0.401. The van der Waals surface area contributed by atoms with Crippen LogP contribution in [0.15, 0.2) is 54.6 Å². The number of hydrogen-bond acceptors (Lipinski definition) is 6. The Labute approximate surface area is 191 Å². The van der Waals surface area contributed by atoms with Gasteiger partial charge < -0.3 is 14.4 Å². The number of hydrogen-bond donors (Lipinski definition) is 0. The Morgan fingerprint density at radius 1 is 1.15 bits per heavy atom. The second-order valence-electron chi connectivity index (χ2n) is 7.58. The molecule has 0 unspecified atom stereocenters. The fourth-order valence-electron chi connectivity index (χ4n) is 3.73. The topological polar surface area (TPSA) is 99.7 Å². The minimum Gasteiger partial charge on any atom is -0.486 e. The molecule has 3 aromatic rings. The summed E-state index contributed by atoms with van der Waals surface area (Å²) in [5.74, 6) is 0.946. The average molecular weight is 448 g/mol. The van der Waals surface area contributed by atoms with Crippen LogP contribution in [-0.2, 0) is 11.3 Å². The largest absolute Gasteiger partial charge is 0.486 e. The van der Waals surface area contributed by atoms with Crippen LogP contribution in [0.4, 0.5) is 11.4 Å². The molecule has 0 saturated heterocycles. The number of amides is 1. The van der Waals surface area contributed by atoms with Crippen molar-refractivity contribution in [3.63, 3.8) is 0 Å². The Morgan fingerprint density at radius 2 is 1.88 bits per heavy atom. The van der Waals surface area contributed by atoms with E-state index in [1.807, 2.05) is 42.5 Å². The molecule has 1 amide bonds. The van der Waals surface area contributed by atoms with Crippen LogP contribution in [0.3, 0.4) is 0 Å². The summed E-state index contributed by atoms with van der Waals surface area (Å²) in [5.41, 5.74) is 2.20. The van der Waals surface area contributed by atoms with E-state index < -0.39 is 4.92 Å². The number of carbonyl (C=O) groups is 1. The zero-order valence-electron chi connectivity index (χ0n) is 18.4. The maximum atomic E-state index is 13.4. The summed E-state index contributed by atoms with van der Waals surface area (Å²) in [6.07, 6.45) is 3.83. The summed E-state index contributed by atoms with van der Waals surface area (Å²) in [4.78, 5) is 25.8. The molecule has 0 fully saturated rings. The van der Waals surface area contributed by atoms with Gasteiger partial charge >= 0.3 is 5.69 Å². The van der Waals surface area contributed by atoms with Gasteiger partial charge in [0.1, 0.15) is 31.1 Å². The van der Waals surface area contributed by atoms with Crippen molar-refractivity contribution in [1.29, 1.82) is 0 Å². The van der Waals surface area contributed by atoms with E-state index in [-0.39, 0.29) is 23.8 Å². The third-order valence-electron chi connectivity index (χ3n) is 5.35. The average Bonchev–Trinajstić information content (AvgIpc) is 3.09. The number of carbonyl (C=O) groups excluding carboxylic acids is 1. The second-order valence-corrected chi connectivity index (χ2v) is 7.58. The van der Waals surface area contributed by atoms with E-state index in [9.17, 15) is 14.9 Å². The lowest BCUT2D eigenvalue weighted by molar-refractivity contribution is -0.386. The summed E-state index contributed by atoms with van der Waals surface area (Å²) in [6, 6.07) is 15.1. The molecule has 9 heteroatoms. The van der Waals surface area contributed by atoms with E-state index in [0.29, 0.717) is 42.6 Å². The summed E-state index contributed by atoms with van der Waals surface area (Å²) in [6.45, 7) is 4.24. The number of ether oxygens (including phenoxy) is 2. The molecule has 2 aromatic carbocycles. The van der Waals surface area contributed by atoms with Crippen LogP contribution < -0.4 is 14.4 Å². The highest BCUT2D eigenvalue weighted by Gasteiger charge is 2.25. The Hall–Kier alpha value is -4.14. The second kappa shape index (κ2) is 9.56. The van der Waals surface area contributed by atoms with E-state index >= 15 is 0 Å². The first-order chi connectivity index (χ1) is 15.9. The monoisotopic (exact) mass is 448 g/mol. The predicted molar refractivity (Wildman–Crippen MR) is 124 cm³/mol. The lowest BCUT2D eigenvalue weighted by Gasteiger charge is -2.24. The number of aryl methyl sites for hydroxylation is 1. The molecular formula is C24H24N4O5. The number of benzene rings is 2. The van der Waals surface area contributed by atoms with Gasteiger partial charge in [-0.1, -0.05) is 42.5 Å². The fourth-order valence-corrected chi connectivity index (χ4v) is 3.73. The standard InChI is InChI=1S/C24H24N4O5/c1-17-24(28(30)31)18(2)27(25-17)16-23(29)26(12-6-9-19-7-4-3-5-8-19)20-10-11-21-22(15-20)33-14-13-32-21/h3-11,15H,12-14,16H2,1-2H3/b9-6+. The molecule has 1 aliphatic heterocycles. The molecule has 33 heavy (non-hydrogen) atoms. The molecule has 0 atom stereocenters. The number of rotatable bonds is 7. The molecule has 0 saturated carbocycles. The minimum atomic E-state index is -0.472. The maximum Gasteiger partial charge on any atom is 0.312 e. The van der Waals surface area contributed by atoms with Crippen LogP contribution >= 0.6 is 0 Å². The molecule has 0 radical (unpaired) electrons. The lowest BCUT2D eigenvalue weighted by Crippen LogP contribution is -2.34. The SMILES string of the molecule is Cc1nn(CC(=O)N(C/C=C/c2ccccc2)c2ccc3c(c2)OCCO3)c(C)c1[N+](=O)[O-]. The Morgan fingerprint density at radius 3 is 2.58 bits per heavy atom. The zero-order chi connectivity index (χ0) is 23.4. The van der Waals surface area contributed by atoms with Gasteiger partial charge in [-0.2, -0.15) is 5.10 Å². The van der Waals surface area contributed by atoms with Crippen molar-refractivity contribution in [3.05, 3.63) is 81.7 Å². The lowest BCUT2D eigenvalue weighted by atomic mass is 10.2. The summed E-state index contributed by atoms with van der Waals surface area (Å²) in [5, 5.41) is 15.5. The Kier molecular flexibility index (Phi) is 6.39. The third kappa shape index (κ3) is 4.87. The minimum absolute atomic E-state index is 0.0716. The molecule has 0 aliphatic carbocycles. The highest BCUT2D eigenvalue weighted by Crippen LogP contribution is 2.34. The normalized spacial score (nSPS) is 12.7. The highest BCUT2D eigenvalue weighted by molar-refractivity contribution is 5.94. The summed E-state index contributed by atoms with van der Waals surface area (Å²) in [7, 11) is 0. The summed E-state index contributed by atoms with van der Waals surface area (Å²) < 4.78 is 12.6. The predicted octanol–water partition coefficient (Wildman–Crippen LogP) is 3.93. The molecule has 0 bridgehead atoms. The molecule has 1 aliphatic rings. The Bertz CT molecular complexity index is 1200. The van der Waals surface area contributed by atoms with Crippen molar-refractivity contribution >= 4 is 23.4 Å². The molecule has 4 rings (SSSR count). The van der Waals surface area contributed by atoms with Crippen molar-refractivity contribution < 1.29 is 19.2 Å². The fraction of sp³-hybridized carbons (Fsp3) is 0.250. The van der Waals surface area contributed by atoms with E-state index in [2.05, 4.69) is 5.10 Å². The van der Waals surface area contributed by atoms with Crippen molar-refractivity contribution in [2.75, 3.05) is 24.7 Å². The molecule has 0 N–H and O–H groups in total. The van der Waals surface area contributed by atoms with Crippen LogP contribution in [0.1, 0.15) is 17.0 Å². The van der Waals surface area contributed by atoms with Crippen molar-refractivity contribution in [2.24, 2.45) is 0 Å². The van der Waals surface area contributed by atoms with Gasteiger partial charge in [-0.25, -0.2) is 0 Å². The van der Waals surface area contributed by atoms with Crippen LogP contribution in [-0.4, -0.2) is 40.4 Å². The molecule has 2 heterocycles. The van der Waals surface area contributed by atoms with E-state index in [4.69, 9.17) is 9.47 Å². The molecule has 9 nitrogen and oxygen atoms in total. The highest BCUT2D eigenvalue weighted by atomic mass is 16.6. The number of anilines is 1. The molecule has 1 aromatic heterocycles. The van der Waals surface area contributed by atoms with Gasteiger partial charge in [0.15, 0.2) is 11.5 Å². The van der Waals surface area contributed by atoms with Crippen LogP contribution in [0.25, 0.3) is 6.08 Å². The third-order valence-corrected chi connectivity index (χ3v) is 5.35. The van der Waals surface area contributed by atoms with Crippen molar-refractivity contribution in [3.8, 4) is 11.5 Å². The first-order valence-electron chi connectivity index (χ1n) is 10.5. The zero-order valence-corrected chi connectivity index (χ0v) is 18.4. The van der Waals surface area contributed by atoms with Gasteiger partial charge in [-0.3, -0.25) is 19.6 Å². The smallest absolute Gasteiger partial charge is 0.312 e. The summed E-state index contributed by atoms with van der Waals surface area (Å²) >= 11 is 0. The van der Waals surface area contributed by atoms with Gasteiger partial charge in [-0.15, -0.1) is 0 Å². The first-order valence-corrected chi connectivity index (χ1v) is 10.5. The van der Waals surface area contributed by atoms with Gasteiger partial charge in [0.25, 0.3) is 0 Å². The van der Waals surface area contributed by atoms with Gasteiger partial charge in [-0.05, 0) is 31.5 Å². The van der Waals surface area contributed by atoms with Gasteiger partial charge in [0.2, 0.25) is 5.91 Å². The Balaban J connectivity index is 1.62. The number of nitro groups is 1. The van der Waals surface area contributed by atoms with Gasteiger partial charge in [0, 0.05) is 18.3 Å². The van der Waals surface area contributed by atoms with Crippen LogP contribution in [0.5, 0.6) is 11.5 Å².